The molecule has 2 heterocycles. The van der Waals surface area contributed by atoms with Gasteiger partial charge in [0.2, 0.25) is 0 Å². The van der Waals surface area contributed by atoms with Crippen molar-refractivity contribution in [1.29, 1.82) is 0 Å². The average Bonchev–Trinajstić information content (AvgIpc) is 2.85. The molecule has 80 valence electrons. The predicted molar refractivity (Wildman–Crippen MR) is 68.9 cm³/mol. The number of rotatable bonds is 1. The molecule has 0 fully saturated rings. The van der Waals surface area contributed by atoms with E-state index in [1.54, 1.807) is 11.3 Å². The van der Waals surface area contributed by atoms with Crippen LogP contribution in [0.4, 0.5) is 0 Å². The molecular formula is C11H9N3S2. The Morgan fingerprint density at radius 2 is 2.31 bits per heavy atom. The molecule has 0 aliphatic heterocycles. The van der Waals surface area contributed by atoms with Crippen molar-refractivity contribution in [3.63, 3.8) is 0 Å². The summed E-state index contributed by atoms with van der Waals surface area (Å²) in [4.78, 5) is 7.30. The number of hydrogen-bond acceptors (Lipinski definition) is 3. The van der Waals surface area contributed by atoms with Gasteiger partial charge in [-0.15, -0.1) is 11.3 Å². The molecule has 0 unspecified atom stereocenters. The Labute approximate surface area is 101 Å². The van der Waals surface area contributed by atoms with E-state index in [1.807, 2.05) is 35.3 Å². The normalized spacial score (nSPS) is 11.1. The summed E-state index contributed by atoms with van der Waals surface area (Å²) < 4.78 is 3.93. The Kier molecular flexibility index (Phi) is 2.15. The van der Waals surface area contributed by atoms with Crippen LogP contribution in [0, 0.1) is 11.7 Å². The van der Waals surface area contributed by atoms with E-state index < -0.39 is 0 Å². The highest BCUT2D eigenvalue weighted by Gasteiger charge is 2.04. The summed E-state index contributed by atoms with van der Waals surface area (Å²) in [6.45, 7) is 2.03. The number of nitrogens with zero attached hydrogens (tertiary/aromatic N) is 2. The van der Waals surface area contributed by atoms with Crippen LogP contribution in [0.2, 0.25) is 0 Å². The molecule has 3 rings (SSSR count). The Bertz CT molecular complexity index is 705. The smallest absolute Gasteiger partial charge is 0.182 e. The second-order valence-corrected chi connectivity index (χ2v) is 4.85. The van der Waals surface area contributed by atoms with Gasteiger partial charge >= 0.3 is 0 Å². The molecule has 2 aromatic heterocycles. The zero-order chi connectivity index (χ0) is 11.1. The van der Waals surface area contributed by atoms with E-state index in [0.29, 0.717) is 0 Å². The third-order valence-electron chi connectivity index (χ3n) is 2.53. The van der Waals surface area contributed by atoms with Crippen LogP contribution in [-0.2, 0) is 0 Å². The maximum absolute atomic E-state index is 5.25. The lowest BCUT2D eigenvalue weighted by atomic mass is 10.3. The molecule has 0 spiro atoms. The molecule has 3 nitrogen and oxygen atoms in total. The molecular weight excluding hydrogens is 238 g/mol. The van der Waals surface area contributed by atoms with Gasteiger partial charge < -0.3 is 4.98 Å². The fourth-order valence-corrected chi connectivity index (χ4v) is 2.78. The van der Waals surface area contributed by atoms with Gasteiger partial charge in [0.25, 0.3) is 0 Å². The summed E-state index contributed by atoms with van der Waals surface area (Å²) in [6.07, 6.45) is 1.92. The first kappa shape index (κ1) is 9.74. The number of benzene rings is 1. The van der Waals surface area contributed by atoms with Crippen molar-refractivity contribution in [2.75, 3.05) is 0 Å². The molecule has 1 aromatic carbocycles. The minimum Gasteiger partial charge on any atom is -0.337 e. The first-order chi connectivity index (χ1) is 7.75. The number of nitrogens with one attached hydrogen (secondary N) is 1. The quantitative estimate of drug-likeness (QED) is 0.668. The van der Waals surface area contributed by atoms with Gasteiger partial charge in [-0.25, -0.2) is 4.98 Å². The van der Waals surface area contributed by atoms with Crippen LogP contribution in [0.3, 0.4) is 0 Å². The molecule has 0 amide bonds. The predicted octanol–water partition coefficient (Wildman–Crippen LogP) is 3.45. The first-order valence-electron chi connectivity index (χ1n) is 4.86. The van der Waals surface area contributed by atoms with Crippen LogP contribution >= 0.6 is 23.6 Å². The van der Waals surface area contributed by atoms with Crippen LogP contribution in [-0.4, -0.2) is 14.5 Å². The number of fused-ring (bicyclic) bond motifs is 1. The molecule has 0 aliphatic rings. The second kappa shape index (κ2) is 3.54. The SMILES string of the molecule is Cc1c[nH]c(=S)n1-c1ccc2ncsc2c1. The van der Waals surface area contributed by atoms with Gasteiger partial charge in [-0.2, -0.15) is 0 Å². The number of imidazole rings is 1. The molecule has 16 heavy (non-hydrogen) atoms. The van der Waals surface area contributed by atoms with Crippen LogP contribution < -0.4 is 0 Å². The minimum absolute atomic E-state index is 0.723. The lowest BCUT2D eigenvalue weighted by Crippen LogP contribution is -1.95. The summed E-state index contributed by atoms with van der Waals surface area (Å²) in [7, 11) is 0. The van der Waals surface area contributed by atoms with Gasteiger partial charge in [-0.1, -0.05) is 0 Å². The van der Waals surface area contributed by atoms with Crippen molar-refractivity contribution in [3.8, 4) is 5.69 Å². The summed E-state index contributed by atoms with van der Waals surface area (Å²) >= 11 is 6.89. The van der Waals surface area contributed by atoms with Crippen LogP contribution in [0.25, 0.3) is 15.9 Å². The molecule has 0 atom stereocenters. The van der Waals surface area contributed by atoms with Gasteiger partial charge in [0.1, 0.15) is 0 Å². The number of H-pyrrole nitrogens is 1. The Morgan fingerprint density at radius 3 is 3.06 bits per heavy atom. The maximum Gasteiger partial charge on any atom is 0.182 e. The van der Waals surface area contributed by atoms with E-state index in [0.717, 1.165) is 21.7 Å². The van der Waals surface area contributed by atoms with Crippen molar-refractivity contribution in [2.24, 2.45) is 0 Å². The molecule has 0 radical (unpaired) electrons. The highest BCUT2D eigenvalue weighted by Crippen LogP contribution is 2.22. The number of aromatic amines is 1. The van der Waals surface area contributed by atoms with Gasteiger partial charge in [0.15, 0.2) is 4.77 Å². The van der Waals surface area contributed by atoms with Crippen LogP contribution in [0.1, 0.15) is 5.69 Å². The average molecular weight is 247 g/mol. The van der Waals surface area contributed by atoms with Crippen molar-refractivity contribution in [2.45, 2.75) is 6.92 Å². The monoisotopic (exact) mass is 247 g/mol. The van der Waals surface area contributed by atoms with Crippen LogP contribution in [0.5, 0.6) is 0 Å². The van der Waals surface area contributed by atoms with Gasteiger partial charge in [0, 0.05) is 17.6 Å². The molecule has 5 heteroatoms. The summed E-state index contributed by atoms with van der Waals surface area (Å²) in [5.41, 5.74) is 5.08. The van der Waals surface area contributed by atoms with E-state index in [9.17, 15) is 0 Å². The lowest BCUT2D eigenvalue weighted by Gasteiger charge is -2.04. The molecule has 1 N–H and O–H groups in total. The summed E-state index contributed by atoms with van der Waals surface area (Å²) in [5, 5.41) is 0. The first-order valence-corrected chi connectivity index (χ1v) is 6.15. The number of aryl methyl sites for hydroxylation is 1. The Balaban J connectivity index is 2.30. The maximum atomic E-state index is 5.25. The third kappa shape index (κ3) is 1.40. The van der Waals surface area contributed by atoms with E-state index in [4.69, 9.17) is 12.2 Å². The zero-order valence-corrected chi connectivity index (χ0v) is 10.2. The molecule has 0 bridgehead atoms. The van der Waals surface area contributed by atoms with Gasteiger partial charge in [-0.05, 0) is 37.3 Å². The molecule has 0 aliphatic carbocycles. The van der Waals surface area contributed by atoms with E-state index in [1.165, 1.54) is 4.70 Å². The van der Waals surface area contributed by atoms with Crippen molar-refractivity contribution >= 4 is 33.8 Å². The van der Waals surface area contributed by atoms with E-state index in [2.05, 4.69) is 16.0 Å². The summed E-state index contributed by atoms with van der Waals surface area (Å²) in [5.74, 6) is 0. The zero-order valence-electron chi connectivity index (χ0n) is 8.60. The second-order valence-electron chi connectivity index (χ2n) is 3.58. The van der Waals surface area contributed by atoms with E-state index in [-0.39, 0.29) is 0 Å². The molecule has 0 saturated heterocycles. The lowest BCUT2D eigenvalue weighted by molar-refractivity contribution is 0.988. The number of hydrogen-bond donors (Lipinski definition) is 1. The minimum atomic E-state index is 0.723. The van der Waals surface area contributed by atoms with Gasteiger partial charge in [0.05, 0.1) is 15.7 Å². The Hall–Kier alpha value is -1.46. The highest BCUT2D eigenvalue weighted by molar-refractivity contribution is 7.71. The highest BCUT2D eigenvalue weighted by atomic mass is 32.1. The molecule has 3 aromatic rings. The van der Waals surface area contributed by atoms with Crippen molar-refractivity contribution < 1.29 is 0 Å². The fourth-order valence-electron chi connectivity index (χ4n) is 1.76. The van der Waals surface area contributed by atoms with Crippen molar-refractivity contribution in [3.05, 3.63) is 40.4 Å². The number of aromatic nitrogens is 3. The standard InChI is InChI=1S/C11H9N3S2/c1-7-5-12-11(15)14(7)8-2-3-9-10(4-8)16-6-13-9/h2-6H,1H3,(H,12,15). The number of thiazole rings is 1. The van der Waals surface area contributed by atoms with Crippen molar-refractivity contribution in [1.82, 2.24) is 14.5 Å². The topological polar surface area (TPSA) is 33.6 Å². The fraction of sp³-hybridized carbons (Fsp3) is 0.0909. The molecule has 0 saturated carbocycles. The van der Waals surface area contributed by atoms with Gasteiger partial charge in [-0.3, -0.25) is 4.57 Å². The third-order valence-corrected chi connectivity index (χ3v) is 3.63. The van der Waals surface area contributed by atoms with Crippen LogP contribution in [0.15, 0.2) is 29.9 Å². The Morgan fingerprint density at radius 1 is 1.44 bits per heavy atom. The largest absolute Gasteiger partial charge is 0.337 e. The summed E-state index contributed by atoms with van der Waals surface area (Å²) in [6, 6.07) is 6.18. The van der Waals surface area contributed by atoms with E-state index >= 15 is 0 Å².